The summed E-state index contributed by atoms with van der Waals surface area (Å²) in [5.41, 5.74) is 6.46. The van der Waals surface area contributed by atoms with Crippen molar-refractivity contribution >= 4 is 23.3 Å². The summed E-state index contributed by atoms with van der Waals surface area (Å²) < 4.78 is 5.62. The van der Waals surface area contributed by atoms with Gasteiger partial charge < -0.3 is 15.8 Å². The molecule has 1 rings (SSSR count). The SMILES string of the molecule is CSCCCCCNc1ccc(N)c(OCC(C)C)n1. The zero-order valence-electron chi connectivity index (χ0n) is 12.8. The van der Waals surface area contributed by atoms with Crippen molar-refractivity contribution in [3.05, 3.63) is 12.1 Å². The van der Waals surface area contributed by atoms with Crippen molar-refractivity contribution in [2.24, 2.45) is 5.92 Å². The molecule has 0 bridgehead atoms. The number of unbranched alkanes of at least 4 members (excludes halogenated alkanes) is 2. The minimum Gasteiger partial charge on any atom is -0.476 e. The molecule has 0 aliphatic heterocycles. The number of ether oxygens (including phenoxy) is 1. The van der Waals surface area contributed by atoms with E-state index in [-0.39, 0.29) is 0 Å². The maximum atomic E-state index is 5.87. The van der Waals surface area contributed by atoms with Gasteiger partial charge >= 0.3 is 0 Å². The van der Waals surface area contributed by atoms with Gasteiger partial charge in [-0.1, -0.05) is 20.3 Å². The first-order valence-electron chi connectivity index (χ1n) is 7.25. The fourth-order valence-electron chi connectivity index (χ4n) is 1.68. The van der Waals surface area contributed by atoms with E-state index in [0.29, 0.717) is 24.1 Å². The molecule has 0 aliphatic carbocycles. The Bertz CT molecular complexity index is 385. The van der Waals surface area contributed by atoms with Gasteiger partial charge in [0.2, 0.25) is 5.88 Å². The lowest BCUT2D eigenvalue weighted by atomic mass is 10.2. The Morgan fingerprint density at radius 3 is 2.80 bits per heavy atom. The molecule has 0 spiro atoms. The molecule has 5 heteroatoms. The monoisotopic (exact) mass is 297 g/mol. The number of hydrogen-bond acceptors (Lipinski definition) is 5. The van der Waals surface area contributed by atoms with E-state index in [2.05, 4.69) is 30.4 Å². The van der Waals surface area contributed by atoms with Crippen molar-refractivity contribution in [1.29, 1.82) is 0 Å². The first-order chi connectivity index (χ1) is 9.63. The average molecular weight is 297 g/mol. The van der Waals surface area contributed by atoms with E-state index < -0.39 is 0 Å². The normalized spacial score (nSPS) is 10.8. The maximum Gasteiger partial charge on any atom is 0.239 e. The Morgan fingerprint density at radius 1 is 1.30 bits per heavy atom. The van der Waals surface area contributed by atoms with E-state index in [1.54, 1.807) is 0 Å². The van der Waals surface area contributed by atoms with Crippen LogP contribution < -0.4 is 15.8 Å². The minimum atomic E-state index is 0.462. The highest BCUT2D eigenvalue weighted by molar-refractivity contribution is 7.98. The molecule has 0 saturated heterocycles. The molecule has 0 aromatic carbocycles. The van der Waals surface area contributed by atoms with Gasteiger partial charge in [0.1, 0.15) is 5.82 Å². The number of nitrogens with one attached hydrogen (secondary N) is 1. The molecular formula is C15H27N3OS. The molecule has 0 saturated carbocycles. The second-order valence-corrected chi connectivity index (χ2v) is 6.26. The molecule has 20 heavy (non-hydrogen) atoms. The molecule has 1 aromatic heterocycles. The van der Waals surface area contributed by atoms with Gasteiger partial charge in [-0.15, -0.1) is 0 Å². The molecule has 3 N–H and O–H groups in total. The number of aromatic nitrogens is 1. The second kappa shape index (κ2) is 9.75. The first kappa shape index (κ1) is 17.0. The summed E-state index contributed by atoms with van der Waals surface area (Å²) in [5, 5.41) is 3.32. The van der Waals surface area contributed by atoms with Crippen LogP contribution in [0.25, 0.3) is 0 Å². The lowest BCUT2D eigenvalue weighted by molar-refractivity contribution is 0.263. The van der Waals surface area contributed by atoms with Crippen LogP contribution in [-0.4, -0.2) is 30.1 Å². The van der Waals surface area contributed by atoms with Crippen LogP contribution in [0.4, 0.5) is 11.5 Å². The number of thioether (sulfide) groups is 1. The van der Waals surface area contributed by atoms with Crippen LogP contribution in [0, 0.1) is 5.92 Å². The zero-order valence-corrected chi connectivity index (χ0v) is 13.6. The fraction of sp³-hybridized carbons (Fsp3) is 0.667. The van der Waals surface area contributed by atoms with Gasteiger partial charge in [-0.05, 0) is 42.9 Å². The van der Waals surface area contributed by atoms with E-state index in [1.807, 2.05) is 23.9 Å². The topological polar surface area (TPSA) is 60.2 Å². The summed E-state index contributed by atoms with van der Waals surface area (Å²) in [4.78, 5) is 4.42. The van der Waals surface area contributed by atoms with Gasteiger partial charge in [0.15, 0.2) is 0 Å². The summed E-state index contributed by atoms with van der Waals surface area (Å²) >= 11 is 1.90. The summed E-state index contributed by atoms with van der Waals surface area (Å²) in [7, 11) is 0. The van der Waals surface area contributed by atoms with Crippen molar-refractivity contribution in [1.82, 2.24) is 4.98 Å². The van der Waals surface area contributed by atoms with Crippen LogP contribution in [-0.2, 0) is 0 Å². The van der Waals surface area contributed by atoms with Gasteiger partial charge in [-0.2, -0.15) is 16.7 Å². The highest BCUT2D eigenvalue weighted by Gasteiger charge is 2.05. The summed E-state index contributed by atoms with van der Waals surface area (Å²) in [5.74, 6) is 3.07. The Balaban J connectivity index is 2.36. The summed E-state index contributed by atoms with van der Waals surface area (Å²) in [6.45, 7) is 5.78. The predicted molar refractivity (Wildman–Crippen MR) is 89.7 cm³/mol. The van der Waals surface area contributed by atoms with Gasteiger partial charge in [0.05, 0.1) is 12.3 Å². The third kappa shape index (κ3) is 6.89. The third-order valence-corrected chi connectivity index (χ3v) is 3.47. The zero-order chi connectivity index (χ0) is 14.8. The highest BCUT2D eigenvalue weighted by Crippen LogP contribution is 2.21. The van der Waals surface area contributed by atoms with E-state index in [0.717, 1.165) is 18.8 Å². The third-order valence-electron chi connectivity index (χ3n) is 2.77. The fourth-order valence-corrected chi connectivity index (χ4v) is 2.17. The van der Waals surface area contributed by atoms with E-state index in [1.165, 1.54) is 18.6 Å². The number of rotatable bonds is 10. The predicted octanol–water partition coefficient (Wildman–Crippen LogP) is 3.64. The molecule has 0 amide bonds. The molecule has 0 aliphatic rings. The highest BCUT2D eigenvalue weighted by atomic mass is 32.2. The van der Waals surface area contributed by atoms with Crippen molar-refractivity contribution in [3.63, 3.8) is 0 Å². The smallest absolute Gasteiger partial charge is 0.239 e. The van der Waals surface area contributed by atoms with Crippen molar-refractivity contribution in [2.45, 2.75) is 33.1 Å². The molecule has 0 fully saturated rings. The first-order valence-corrected chi connectivity index (χ1v) is 8.65. The van der Waals surface area contributed by atoms with Crippen molar-refractivity contribution < 1.29 is 4.74 Å². The number of nitrogens with two attached hydrogens (primary N) is 1. The number of anilines is 2. The van der Waals surface area contributed by atoms with Crippen LogP contribution in [0.5, 0.6) is 5.88 Å². The Labute approximate surface area is 126 Å². The number of pyridine rings is 1. The molecular weight excluding hydrogens is 270 g/mol. The van der Waals surface area contributed by atoms with Crippen LogP contribution in [0.1, 0.15) is 33.1 Å². The molecule has 0 atom stereocenters. The van der Waals surface area contributed by atoms with E-state index >= 15 is 0 Å². The van der Waals surface area contributed by atoms with Crippen molar-refractivity contribution in [3.8, 4) is 5.88 Å². The Morgan fingerprint density at radius 2 is 2.10 bits per heavy atom. The molecule has 114 valence electrons. The maximum absolute atomic E-state index is 5.87. The largest absolute Gasteiger partial charge is 0.476 e. The second-order valence-electron chi connectivity index (χ2n) is 5.28. The average Bonchev–Trinajstić information content (AvgIpc) is 2.42. The summed E-state index contributed by atoms with van der Waals surface area (Å²) in [6.07, 6.45) is 5.84. The van der Waals surface area contributed by atoms with Crippen LogP contribution in [0.3, 0.4) is 0 Å². The Hall–Kier alpha value is -1.10. The number of nitrogen functional groups attached to an aromatic ring is 1. The van der Waals surface area contributed by atoms with Crippen LogP contribution in [0.2, 0.25) is 0 Å². The van der Waals surface area contributed by atoms with Crippen molar-refractivity contribution in [2.75, 3.05) is 36.2 Å². The van der Waals surface area contributed by atoms with E-state index in [4.69, 9.17) is 10.5 Å². The Kier molecular flexibility index (Phi) is 8.26. The van der Waals surface area contributed by atoms with Gasteiger partial charge in [-0.3, -0.25) is 0 Å². The molecule has 0 unspecified atom stereocenters. The van der Waals surface area contributed by atoms with E-state index in [9.17, 15) is 0 Å². The molecule has 4 nitrogen and oxygen atoms in total. The van der Waals surface area contributed by atoms with Crippen LogP contribution in [0.15, 0.2) is 12.1 Å². The van der Waals surface area contributed by atoms with Gasteiger partial charge in [0.25, 0.3) is 0 Å². The number of nitrogens with zero attached hydrogens (tertiary/aromatic N) is 1. The quantitative estimate of drug-likeness (QED) is 0.646. The minimum absolute atomic E-state index is 0.462. The standard InChI is InChI=1S/C15H27N3OS/c1-12(2)11-19-15-13(16)7-8-14(18-15)17-9-5-4-6-10-20-3/h7-8,12H,4-6,9-11,16H2,1-3H3,(H,17,18). The number of hydrogen-bond donors (Lipinski definition) is 2. The van der Waals surface area contributed by atoms with Gasteiger partial charge in [-0.25, -0.2) is 0 Å². The van der Waals surface area contributed by atoms with Gasteiger partial charge in [0, 0.05) is 6.54 Å². The lowest BCUT2D eigenvalue weighted by Gasteiger charge is -2.12. The van der Waals surface area contributed by atoms with Crippen LogP contribution >= 0.6 is 11.8 Å². The summed E-state index contributed by atoms with van der Waals surface area (Å²) in [6, 6.07) is 3.75. The molecule has 1 heterocycles. The molecule has 1 aromatic rings. The molecule has 0 radical (unpaired) electrons. The lowest BCUT2D eigenvalue weighted by Crippen LogP contribution is -2.09.